The van der Waals surface area contributed by atoms with Crippen molar-refractivity contribution in [2.45, 2.75) is 84.2 Å². The molecule has 0 aliphatic carbocycles. The molecule has 0 heterocycles. The molecular weight excluding hydrogens is 399 g/mol. The van der Waals surface area contributed by atoms with Crippen LogP contribution >= 0.6 is 0 Å². The molecule has 30 heavy (non-hydrogen) atoms. The normalized spacial score (nSPS) is 11.4. The summed E-state index contributed by atoms with van der Waals surface area (Å²) in [7, 11) is 0. The van der Waals surface area contributed by atoms with Crippen LogP contribution in [0.3, 0.4) is 0 Å². The van der Waals surface area contributed by atoms with Crippen molar-refractivity contribution in [1.29, 1.82) is 0 Å². The minimum atomic E-state index is -4.71. The maximum absolute atomic E-state index is 12.1. The smallest absolute Gasteiger partial charge is 0.356 e. The Labute approximate surface area is 178 Å². The van der Waals surface area contributed by atoms with Gasteiger partial charge in [-0.15, -0.1) is 0 Å². The van der Waals surface area contributed by atoms with Crippen LogP contribution in [0.1, 0.15) is 78.1 Å². The van der Waals surface area contributed by atoms with Crippen LogP contribution in [0.5, 0.6) is 0 Å². The lowest BCUT2D eigenvalue weighted by atomic mass is 10.1. The molecule has 2 N–H and O–H groups in total. The van der Waals surface area contributed by atoms with E-state index in [4.69, 9.17) is 0 Å². The summed E-state index contributed by atoms with van der Waals surface area (Å²) in [6.45, 7) is 6.89. The lowest BCUT2D eigenvalue weighted by molar-refractivity contribution is -0.171. The van der Waals surface area contributed by atoms with Crippen molar-refractivity contribution in [1.82, 2.24) is 15.5 Å². The third-order valence-electron chi connectivity index (χ3n) is 4.78. The van der Waals surface area contributed by atoms with E-state index in [1.165, 1.54) is 6.92 Å². The molecule has 0 atom stereocenters. The zero-order chi connectivity index (χ0) is 22.8. The predicted molar refractivity (Wildman–Crippen MR) is 111 cm³/mol. The largest absolute Gasteiger partial charge is 0.449 e. The SMILES string of the molecule is CC(=O)NCCCNCCCCN(CCCCCCCCC(=O)C(F)(F)F)C(C)=O. The summed E-state index contributed by atoms with van der Waals surface area (Å²) in [6, 6.07) is 0. The van der Waals surface area contributed by atoms with E-state index in [2.05, 4.69) is 10.6 Å². The molecule has 0 saturated heterocycles. The Morgan fingerprint density at radius 3 is 1.83 bits per heavy atom. The van der Waals surface area contributed by atoms with Crippen LogP contribution in [0.2, 0.25) is 0 Å². The molecule has 2 amide bonds. The number of hydrogen-bond donors (Lipinski definition) is 2. The maximum atomic E-state index is 12.1. The van der Waals surface area contributed by atoms with Gasteiger partial charge in [-0.2, -0.15) is 13.2 Å². The quantitative estimate of drug-likeness (QED) is 0.321. The molecule has 176 valence electrons. The Morgan fingerprint density at radius 2 is 1.27 bits per heavy atom. The molecule has 0 rings (SSSR count). The first-order valence-electron chi connectivity index (χ1n) is 10.9. The number of nitrogens with zero attached hydrogens (tertiary/aromatic N) is 1. The fraction of sp³-hybridized carbons (Fsp3) is 0.857. The molecule has 0 saturated carbocycles. The Hall–Kier alpha value is -1.64. The van der Waals surface area contributed by atoms with E-state index < -0.39 is 18.4 Å². The first-order chi connectivity index (χ1) is 14.1. The zero-order valence-corrected chi connectivity index (χ0v) is 18.4. The van der Waals surface area contributed by atoms with E-state index in [1.807, 2.05) is 4.90 Å². The molecule has 0 unspecified atom stereocenters. The summed E-state index contributed by atoms with van der Waals surface area (Å²) in [5, 5.41) is 6.06. The van der Waals surface area contributed by atoms with Crippen molar-refractivity contribution < 1.29 is 27.6 Å². The number of nitrogens with one attached hydrogen (secondary N) is 2. The van der Waals surface area contributed by atoms with Crippen molar-refractivity contribution in [3.8, 4) is 0 Å². The highest BCUT2D eigenvalue weighted by Gasteiger charge is 2.36. The molecule has 0 aromatic carbocycles. The molecule has 0 aliphatic heterocycles. The Bertz CT molecular complexity index is 500. The summed E-state index contributed by atoms with van der Waals surface area (Å²) >= 11 is 0. The van der Waals surface area contributed by atoms with E-state index in [1.54, 1.807) is 6.92 Å². The van der Waals surface area contributed by atoms with Crippen molar-refractivity contribution in [2.75, 3.05) is 32.7 Å². The Balaban J connectivity index is 3.62. The lowest BCUT2D eigenvalue weighted by Crippen LogP contribution is -2.31. The number of Topliss-reactive ketones (excluding diaryl/α,β-unsaturated/α-hetero) is 1. The summed E-state index contributed by atoms with van der Waals surface area (Å²) in [5.41, 5.74) is 0. The van der Waals surface area contributed by atoms with Gasteiger partial charge in [0.15, 0.2) is 0 Å². The number of halogens is 3. The van der Waals surface area contributed by atoms with Crippen LogP contribution in [0.15, 0.2) is 0 Å². The number of ketones is 1. The fourth-order valence-electron chi connectivity index (χ4n) is 3.02. The topological polar surface area (TPSA) is 78.5 Å². The van der Waals surface area contributed by atoms with Gasteiger partial charge in [-0.1, -0.05) is 25.7 Å². The van der Waals surface area contributed by atoms with Gasteiger partial charge in [0.25, 0.3) is 0 Å². The summed E-state index contributed by atoms with van der Waals surface area (Å²) < 4.78 is 36.3. The third kappa shape index (κ3) is 17.2. The molecule has 0 aliphatic rings. The number of unbranched alkanes of at least 4 members (excludes halogenated alkanes) is 6. The lowest BCUT2D eigenvalue weighted by Gasteiger charge is -2.21. The zero-order valence-electron chi connectivity index (χ0n) is 18.4. The number of hydrogen-bond acceptors (Lipinski definition) is 4. The fourth-order valence-corrected chi connectivity index (χ4v) is 3.02. The number of alkyl halides is 3. The van der Waals surface area contributed by atoms with Crippen molar-refractivity contribution in [2.24, 2.45) is 0 Å². The van der Waals surface area contributed by atoms with Gasteiger partial charge < -0.3 is 15.5 Å². The predicted octanol–water partition coefficient (Wildman–Crippen LogP) is 3.59. The van der Waals surface area contributed by atoms with E-state index in [0.29, 0.717) is 19.5 Å². The molecule has 9 heteroatoms. The first kappa shape index (κ1) is 28.4. The number of carbonyl (C=O) groups is 3. The number of rotatable bonds is 18. The second-order valence-corrected chi connectivity index (χ2v) is 7.59. The van der Waals surface area contributed by atoms with Gasteiger partial charge in [0.05, 0.1) is 0 Å². The molecule has 6 nitrogen and oxygen atoms in total. The Morgan fingerprint density at radius 1 is 0.733 bits per heavy atom. The van der Waals surface area contributed by atoms with Crippen molar-refractivity contribution >= 4 is 17.6 Å². The molecule has 0 aromatic heterocycles. The highest BCUT2D eigenvalue weighted by molar-refractivity contribution is 5.83. The average Bonchev–Trinajstić information content (AvgIpc) is 2.65. The van der Waals surface area contributed by atoms with Crippen LogP contribution in [-0.4, -0.2) is 61.4 Å². The van der Waals surface area contributed by atoms with Crippen LogP contribution in [-0.2, 0) is 14.4 Å². The van der Waals surface area contributed by atoms with E-state index in [9.17, 15) is 27.6 Å². The van der Waals surface area contributed by atoms with E-state index >= 15 is 0 Å². The molecule has 0 radical (unpaired) electrons. The van der Waals surface area contributed by atoms with Gasteiger partial charge in [-0.3, -0.25) is 14.4 Å². The number of carbonyl (C=O) groups excluding carboxylic acids is 3. The summed E-state index contributed by atoms with van der Waals surface area (Å²) in [4.78, 5) is 35.1. The van der Waals surface area contributed by atoms with Crippen molar-refractivity contribution in [3.63, 3.8) is 0 Å². The summed E-state index contributed by atoms with van der Waals surface area (Å²) in [6.07, 6.45) is 2.05. The maximum Gasteiger partial charge on any atom is 0.449 e. The second-order valence-electron chi connectivity index (χ2n) is 7.59. The standard InChI is InChI=1S/C21H38F3N3O3/c1-18(28)26-15-11-14-25-13-8-10-17-27(19(2)29)16-9-6-4-3-5-7-12-20(30)21(22,23)24/h25H,3-17H2,1-2H3,(H,26,28). The van der Waals surface area contributed by atoms with Crippen molar-refractivity contribution in [3.05, 3.63) is 0 Å². The van der Waals surface area contributed by atoms with Gasteiger partial charge in [-0.05, 0) is 45.2 Å². The van der Waals surface area contributed by atoms with Gasteiger partial charge >= 0.3 is 6.18 Å². The van der Waals surface area contributed by atoms with Crippen LogP contribution in [0.25, 0.3) is 0 Å². The van der Waals surface area contributed by atoms with Crippen LogP contribution in [0.4, 0.5) is 13.2 Å². The monoisotopic (exact) mass is 437 g/mol. The molecular formula is C21H38F3N3O3. The molecule has 0 aromatic rings. The molecule has 0 spiro atoms. The van der Waals surface area contributed by atoms with E-state index in [-0.39, 0.29) is 18.2 Å². The highest BCUT2D eigenvalue weighted by Crippen LogP contribution is 2.19. The average molecular weight is 438 g/mol. The second kappa shape index (κ2) is 17.1. The minimum Gasteiger partial charge on any atom is -0.356 e. The number of amides is 2. The van der Waals surface area contributed by atoms with Gasteiger partial charge in [0, 0.05) is 39.9 Å². The Kier molecular flexibility index (Phi) is 16.1. The van der Waals surface area contributed by atoms with Gasteiger partial charge in [0.1, 0.15) is 0 Å². The summed E-state index contributed by atoms with van der Waals surface area (Å²) in [5.74, 6) is -1.60. The van der Waals surface area contributed by atoms with Crippen LogP contribution < -0.4 is 10.6 Å². The molecule has 0 bridgehead atoms. The van der Waals surface area contributed by atoms with E-state index in [0.717, 1.165) is 64.6 Å². The first-order valence-corrected chi connectivity index (χ1v) is 10.9. The van der Waals surface area contributed by atoms with Crippen LogP contribution in [0, 0.1) is 0 Å². The molecule has 0 fully saturated rings. The highest BCUT2D eigenvalue weighted by atomic mass is 19.4. The minimum absolute atomic E-state index is 0.0169. The van der Waals surface area contributed by atoms with Gasteiger partial charge in [0.2, 0.25) is 17.6 Å². The van der Waals surface area contributed by atoms with Gasteiger partial charge in [-0.25, -0.2) is 0 Å². The third-order valence-corrected chi connectivity index (χ3v) is 4.78.